The summed E-state index contributed by atoms with van der Waals surface area (Å²) in [5, 5.41) is 13.4. The molecule has 33 heavy (non-hydrogen) atoms. The predicted octanol–water partition coefficient (Wildman–Crippen LogP) is 5.00. The second kappa shape index (κ2) is 9.79. The van der Waals surface area contributed by atoms with Gasteiger partial charge in [-0.3, -0.25) is 10.1 Å². The Morgan fingerprint density at radius 2 is 1.64 bits per heavy atom. The van der Waals surface area contributed by atoms with Crippen molar-refractivity contribution in [2.24, 2.45) is 5.41 Å². The van der Waals surface area contributed by atoms with Crippen LogP contribution in [0.5, 0.6) is 0 Å². The van der Waals surface area contributed by atoms with Crippen LogP contribution in [0, 0.1) is 29.4 Å². The van der Waals surface area contributed by atoms with Crippen LogP contribution in [0.3, 0.4) is 0 Å². The van der Waals surface area contributed by atoms with Crippen molar-refractivity contribution in [3.8, 4) is 0 Å². The van der Waals surface area contributed by atoms with Crippen molar-refractivity contribution in [2.45, 2.75) is 41.5 Å². The van der Waals surface area contributed by atoms with Crippen molar-refractivity contribution in [3.63, 3.8) is 0 Å². The molecular weight excluding hydrogens is 420 g/mol. The standard InChI is InChI=1S/C25H34N4O4/c1-7-28(21-15-18(2)14-19(3)16-21)20-8-9-22(29(31)32)23(17-20)26-10-12-27(13-11-26)33-24(30)25(4,5)6/h8-9,14-17H,7,10-13H2,1-6H3. The average Bonchev–Trinajstić information content (AvgIpc) is 2.73. The quantitative estimate of drug-likeness (QED) is 0.449. The molecule has 2 aromatic rings. The van der Waals surface area contributed by atoms with E-state index in [1.165, 1.54) is 11.1 Å². The lowest BCUT2D eigenvalue weighted by molar-refractivity contribution is -0.384. The lowest BCUT2D eigenvalue weighted by Gasteiger charge is -2.36. The third kappa shape index (κ3) is 5.82. The third-order valence-electron chi connectivity index (χ3n) is 5.71. The summed E-state index contributed by atoms with van der Waals surface area (Å²) in [5.41, 5.74) is 4.40. The minimum Gasteiger partial charge on any atom is -0.367 e. The van der Waals surface area contributed by atoms with Crippen LogP contribution >= 0.6 is 0 Å². The summed E-state index contributed by atoms with van der Waals surface area (Å²) in [6, 6.07) is 11.7. The van der Waals surface area contributed by atoms with Gasteiger partial charge in [0.15, 0.2) is 0 Å². The van der Waals surface area contributed by atoms with Gasteiger partial charge in [-0.15, -0.1) is 5.06 Å². The van der Waals surface area contributed by atoms with Crippen LogP contribution in [0.25, 0.3) is 0 Å². The van der Waals surface area contributed by atoms with Crippen molar-refractivity contribution in [2.75, 3.05) is 42.5 Å². The van der Waals surface area contributed by atoms with Gasteiger partial charge in [0.05, 0.1) is 23.4 Å². The number of nitro benzene ring substituents is 1. The lowest BCUT2D eigenvalue weighted by atomic mass is 9.98. The van der Waals surface area contributed by atoms with Gasteiger partial charge in [-0.25, -0.2) is 4.79 Å². The van der Waals surface area contributed by atoms with E-state index >= 15 is 0 Å². The fraction of sp³-hybridized carbons (Fsp3) is 0.480. The number of nitrogens with zero attached hydrogens (tertiary/aromatic N) is 4. The van der Waals surface area contributed by atoms with Crippen LogP contribution in [-0.2, 0) is 9.63 Å². The van der Waals surface area contributed by atoms with Crippen LogP contribution in [0.2, 0.25) is 0 Å². The van der Waals surface area contributed by atoms with Crippen LogP contribution in [0.15, 0.2) is 36.4 Å². The molecule has 0 amide bonds. The molecule has 8 nitrogen and oxygen atoms in total. The number of hydrogen-bond acceptors (Lipinski definition) is 7. The fourth-order valence-electron chi connectivity index (χ4n) is 3.98. The topological polar surface area (TPSA) is 79.2 Å². The van der Waals surface area contributed by atoms with Crippen molar-refractivity contribution in [3.05, 3.63) is 57.6 Å². The summed E-state index contributed by atoms with van der Waals surface area (Å²) in [7, 11) is 0. The highest BCUT2D eigenvalue weighted by Gasteiger charge is 2.30. The van der Waals surface area contributed by atoms with E-state index in [-0.39, 0.29) is 16.6 Å². The Hall–Kier alpha value is -3.13. The lowest BCUT2D eigenvalue weighted by Crippen LogP contribution is -2.48. The second-order valence-electron chi connectivity index (χ2n) is 9.57. The van der Waals surface area contributed by atoms with E-state index in [1.54, 1.807) is 11.1 Å². The zero-order valence-corrected chi connectivity index (χ0v) is 20.4. The first kappa shape index (κ1) is 24.5. The molecule has 0 spiro atoms. The highest BCUT2D eigenvalue weighted by Crippen LogP contribution is 2.36. The number of carbonyl (C=O) groups is 1. The summed E-state index contributed by atoms with van der Waals surface area (Å²) in [5.74, 6) is -0.282. The number of hydroxylamine groups is 2. The largest absolute Gasteiger partial charge is 0.367 e. The fourth-order valence-corrected chi connectivity index (χ4v) is 3.98. The number of nitro groups is 1. The van der Waals surface area contributed by atoms with Crippen LogP contribution < -0.4 is 9.80 Å². The zero-order chi connectivity index (χ0) is 24.3. The van der Waals surface area contributed by atoms with E-state index in [2.05, 4.69) is 43.9 Å². The summed E-state index contributed by atoms with van der Waals surface area (Å²) in [6.07, 6.45) is 0. The first-order chi connectivity index (χ1) is 15.5. The van der Waals surface area contributed by atoms with E-state index in [0.717, 1.165) is 17.9 Å². The smallest absolute Gasteiger partial charge is 0.330 e. The van der Waals surface area contributed by atoms with E-state index in [1.807, 2.05) is 37.8 Å². The minimum absolute atomic E-state index is 0.0790. The number of carbonyl (C=O) groups excluding carboxylic acids is 1. The van der Waals surface area contributed by atoms with Crippen LogP contribution in [-0.4, -0.2) is 48.7 Å². The molecule has 3 rings (SSSR count). The molecule has 0 atom stereocenters. The molecule has 0 aliphatic carbocycles. The summed E-state index contributed by atoms with van der Waals surface area (Å²) in [4.78, 5) is 33.3. The van der Waals surface area contributed by atoms with E-state index in [4.69, 9.17) is 4.84 Å². The Bertz CT molecular complexity index is 1000. The van der Waals surface area contributed by atoms with Gasteiger partial charge < -0.3 is 14.6 Å². The molecule has 0 saturated carbocycles. The number of hydrogen-bond donors (Lipinski definition) is 0. The second-order valence-corrected chi connectivity index (χ2v) is 9.57. The van der Waals surface area contributed by atoms with Crippen LogP contribution in [0.4, 0.5) is 22.7 Å². The van der Waals surface area contributed by atoms with Crippen LogP contribution in [0.1, 0.15) is 38.8 Å². The summed E-state index contributed by atoms with van der Waals surface area (Å²) in [6.45, 7) is 14.4. The summed E-state index contributed by atoms with van der Waals surface area (Å²) >= 11 is 0. The molecule has 178 valence electrons. The van der Waals surface area contributed by atoms with E-state index in [0.29, 0.717) is 31.9 Å². The van der Waals surface area contributed by atoms with Crippen molar-refractivity contribution >= 4 is 28.7 Å². The van der Waals surface area contributed by atoms with Gasteiger partial charge >= 0.3 is 5.97 Å². The molecule has 0 aromatic heterocycles. The van der Waals surface area contributed by atoms with E-state index < -0.39 is 5.41 Å². The molecule has 8 heteroatoms. The number of rotatable bonds is 6. The number of anilines is 3. The molecule has 0 N–H and O–H groups in total. The van der Waals surface area contributed by atoms with E-state index in [9.17, 15) is 14.9 Å². The number of benzene rings is 2. The highest BCUT2D eigenvalue weighted by atomic mass is 16.7. The third-order valence-corrected chi connectivity index (χ3v) is 5.71. The maximum atomic E-state index is 12.2. The molecule has 1 aliphatic rings. The molecule has 1 saturated heterocycles. The molecule has 0 unspecified atom stereocenters. The van der Waals surface area contributed by atoms with Gasteiger partial charge in [-0.05, 0) is 76.9 Å². The Balaban J connectivity index is 1.85. The van der Waals surface area contributed by atoms with Gasteiger partial charge in [0.25, 0.3) is 5.69 Å². The molecular formula is C25H34N4O4. The predicted molar refractivity (Wildman–Crippen MR) is 131 cm³/mol. The zero-order valence-electron chi connectivity index (χ0n) is 20.4. The molecule has 2 aromatic carbocycles. The maximum absolute atomic E-state index is 12.2. The molecule has 1 aliphatic heterocycles. The van der Waals surface area contributed by atoms with Gasteiger partial charge in [0, 0.05) is 37.1 Å². The Morgan fingerprint density at radius 3 is 2.15 bits per heavy atom. The Kier molecular flexibility index (Phi) is 7.27. The van der Waals surface area contributed by atoms with Crippen molar-refractivity contribution < 1.29 is 14.6 Å². The maximum Gasteiger partial charge on any atom is 0.330 e. The molecule has 0 bridgehead atoms. The highest BCUT2D eigenvalue weighted by molar-refractivity contribution is 5.76. The van der Waals surface area contributed by atoms with Crippen molar-refractivity contribution in [1.29, 1.82) is 0 Å². The number of aryl methyl sites for hydroxylation is 2. The molecule has 1 fully saturated rings. The normalized spacial score (nSPS) is 14.8. The van der Waals surface area contributed by atoms with Gasteiger partial charge in [0.2, 0.25) is 0 Å². The van der Waals surface area contributed by atoms with Crippen molar-refractivity contribution in [1.82, 2.24) is 5.06 Å². The van der Waals surface area contributed by atoms with Gasteiger partial charge in [-0.2, -0.15) is 0 Å². The van der Waals surface area contributed by atoms with Gasteiger partial charge in [-0.1, -0.05) is 6.07 Å². The monoisotopic (exact) mass is 454 g/mol. The Morgan fingerprint density at radius 1 is 1.03 bits per heavy atom. The molecule has 0 radical (unpaired) electrons. The van der Waals surface area contributed by atoms with Gasteiger partial charge in [0.1, 0.15) is 5.69 Å². The SMILES string of the molecule is CCN(c1cc(C)cc(C)c1)c1ccc([N+](=O)[O-])c(N2CCN(OC(=O)C(C)(C)C)CC2)c1. The summed E-state index contributed by atoms with van der Waals surface area (Å²) < 4.78 is 0. The Labute approximate surface area is 195 Å². The average molecular weight is 455 g/mol. The first-order valence-corrected chi connectivity index (χ1v) is 11.4. The molecule has 1 heterocycles. The first-order valence-electron chi connectivity index (χ1n) is 11.4. The minimum atomic E-state index is -0.581. The number of piperazine rings is 1.